The maximum atomic E-state index is 14.9. The van der Waals surface area contributed by atoms with Gasteiger partial charge in [-0.1, -0.05) is 6.07 Å². The van der Waals surface area contributed by atoms with Crippen LogP contribution < -0.4 is 26.0 Å². The first kappa shape index (κ1) is 25.3. The molecule has 1 atom stereocenters. The van der Waals surface area contributed by atoms with E-state index in [-0.39, 0.29) is 29.8 Å². The van der Waals surface area contributed by atoms with Crippen molar-refractivity contribution in [3.63, 3.8) is 0 Å². The molecule has 2 aliphatic heterocycles. The SMILES string of the molecule is CC1C=C(Oc2ccc(NC(=O)NC3CC3)cc2F)c2sc(-c3ccc(CN4CCNC(=O)C4)cn3)cc2N1. The highest BCUT2D eigenvalue weighted by Crippen LogP contribution is 2.42. The van der Waals surface area contributed by atoms with Gasteiger partial charge in [-0.25, -0.2) is 9.18 Å². The number of amides is 3. The Hall–Kier alpha value is -3.96. The van der Waals surface area contributed by atoms with Gasteiger partial charge in [-0.15, -0.1) is 11.3 Å². The van der Waals surface area contributed by atoms with Gasteiger partial charge in [0, 0.05) is 49.7 Å². The number of benzene rings is 1. The van der Waals surface area contributed by atoms with Gasteiger partial charge >= 0.3 is 6.03 Å². The molecule has 0 radical (unpaired) electrons. The summed E-state index contributed by atoms with van der Waals surface area (Å²) in [4.78, 5) is 32.2. The number of aromatic nitrogens is 1. The molecule has 202 valence electrons. The molecule has 3 amide bonds. The van der Waals surface area contributed by atoms with Crippen LogP contribution in [0, 0.1) is 5.82 Å². The third-order valence-electron chi connectivity index (χ3n) is 6.66. The van der Waals surface area contributed by atoms with Crippen molar-refractivity contribution in [2.45, 2.75) is 38.4 Å². The van der Waals surface area contributed by atoms with Crippen LogP contribution in [0.5, 0.6) is 5.75 Å². The fourth-order valence-corrected chi connectivity index (χ4v) is 5.65. The van der Waals surface area contributed by atoms with Gasteiger partial charge in [0.05, 0.1) is 27.7 Å². The van der Waals surface area contributed by atoms with Crippen molar-refractivity contribution in [2.75, 3.05) is 30.3 Å². The first-order valence-electron chi connectivity index (χ1n) is 13.0. The molecule has 39 heavy (non-hydrogen) atoms. The quantitative estimate of drug-likeness (QED) is 0.349. The third kappa shape index (κ3) is 6.04. The van der Waals surface area contributed by atoms with E-state index in [1.165, 1.54) is 23.5 Å². The van der Waals surface area contributed by atoms with Gasteiger partial charge in [-0.05, 0) is 55.7 Å². The average molecular weight is 549 g/mol. The number of urea groups is 1. The van der Waals surface area contributed by atoms with Crippen LogP contribution in [0.15, 0.2) is 48.7 Å². The van der Waals surface area contributed by atoms with E-state index in [1.807, 2.05) is 37.4 Å². The highest BCUT2D eigenvalue weighted by Gasteiger charge is 2.25. The lowest BCUT2D eigenvalue weighted by atomic mass is 10.1. The second-order valence-electron chi connectivity index (χ2n) is 10.0. The lowest BCUT2D eigenvalue weighted by molar-refractivity contribution is -0.124. The van der Waals surface area contributed by atoms with E-state index in [9.17, 15) is 14.0 Å². The van der Waals surface area contributed by atoms with Crippen molar-refractivity contribution in [3.05, 3.63) is 64.9 Å². The largest absolute Gasteiger partial charge is 0.453 e. The first-order valence-corrected chi connectivity index (χ1v) is 13.8. The van der Waals surface area contributed by atoms with Crippen LogP contribution in [-0.2, 0) is 11.3 Å². The van der Waals surface area contributed by atoms with Crippen molar-refractivity contribution in [2.24, 2.45) is 0 Å². The summed E-state index contributed by atoms with van der Waals surface area (Å²) in [6.45, 7) is 4.55. The Morgan fingerprint density at radius 1 is 1.26 bits per heavy atom. The Labute approximate surface area is 229 Å². The summed E-state index contributed by atoms with van der Waals surface area (Å²) in [5.74, 6) is 0.136. The number of nitrogens with one attached hydrogen (secondary N) is 4. The van der Waals surface area contributed by atoms with Gasteiger partial charge < -0.3 is 26.0 Å². The molecule has 1 saturated carbocycles. The van der Waals surface area contributed by atoms with E-state index in [1.54, 1.807) is 6.07 Å². The molecule has 1 saturated heterocycles. The molecule has 2 fully saturated rings. The molecular formula is C28H29FN6O3S. The summed E-state index contributed by atoms with van der Waals surface area (Å²) in [7, 11) is 0. The minimum atomic E-state index is -0.562. The molecule has 11 heteroatoms. The molecular weight excluding hydrogens is 519 g/mol. The normalized spacial score (nSPS) is 18.9. The smallest absolute Gasteiger partial charge is 0.319 e. The lowest BCUT2D eigenvalue weighted by Gasteiger charge is -2.26. The molecule has 4 N–H and O–H groups in total. The van der Waals surface area contributed by atoms with Crippen molar-refractivity contribution in [1.82, 2.24) is 20.5 Å². The van der Waals surface area contributed by atoms with Crippen LogP contribution in [0.3, 0.4) is 0 Å². The number of fused-ring (bicyclic) bond motifs is 1. The Morgan fingerprint density at radius 2 is 2.13 bits per heavy atom. The number of rotatable bonds is 7. The van der Waals surface area contributed by atoms with Crippen LogP contribution in [0.4, 0.5) is 20.6 Å². The van der Waals surface area contributed by atoms with E-state index in [0.717, 1.165) is 46.1 Å². The number of carbonyl (C=O) groups excluding carboxylic acids is 2. The summed E-state index contributed by atoms with van der Waals surface area (Å²) in [6.07, 6.45) is 5.72. The molecule has 6 rings (SSSR count). The van der Waals surface area contributed by atoms with Crippen molar-refractivity contribution in [1.29, 1.82) is 0 Å². The maximum absolute atomic E-state index is 14.9. The number of hydrogen-bond acceptors (Lipinski definition) is 7. The number of nitrogens with zero attached hydrogens (tertiary/aromatic N) is 2. The maximum Gasteiger partial charge on any atom is 0.319 e. The zero-order valence-corrected chi connectivity index (χ0v) is 22.2. The number of pyridine rings is 1. The van der Waals surface area contributed by atoms with E-state index in [2.05, 4.69) is 31.2 Å². The number of anilines is 2. The van der Waals surface area contributed by atoms with Gasteiger partial charge in [0.15, 0.2) is 11.6 Å². The topological polar surface area (TPSA) is 108 Å². The molecule has 3 aliphatic rings. The Bertz CT molecular complexity index is 1440. The van der Waals surface area contributed by atoms with Crippen LogP contribution in [0.2, 0.25) is 0 Å². The van der Waals surface area contributed by atoms with Crippen LogP contribution in [-0.4, -0.2) is 53.5 Å². The van der Waals surface area contributed by atoms with Gasteiger partial charge in [-0.3, -0.25) is 14.7 Å². The second kappa shape index (κ2) is 10.7. The summed E-state index contributed by atoms with van der Waals surface area (Å²) in [5, 5.41) is 11.8. The minimum Gasteiger partial charge on any atom is -0.453 e. The number of hydrogen-bond donors (Lipinski definition) is 4. The molecule has 1 aromatic carbocycles. The van der Waals surface area contributed by atoms with Crippen LogP contribution in [0.25, 0.3) is 16.3 Å². The highest BCUT2D eigenvalue weighted by molar-refractivity contribution is 7.17. The zero-order chi connectivity index (χ0) is 26.9. The van der Waals surface area contributed by atoms with Crippen LogP contribution in [0.1, 0.15) is 30.2 Å². The summed E-state index contributed by atoms with van der Waals surface area (Å²) in [5.41, 5.74) is 3.14. The summed E-state index contributed by atoms with van der Waals surface area (Å²) >= 11 is 1.52. The Morgan fingerprint density at radius 3 is 2.87 bits per heavy atom. The van der Waals surface area contributed by atoms with E-state index in [4.69, 9.17) is 4.74 Å². The predicted octanol–water partition coefficient (Wildman–Crippen LogP) is 4.40. The van der Waals surface area contributed by atoms with Gasteiger partial charge in [-0.2, -0.15) is 0 Å². The van der Waals surface area contributed by atoms with Gasteiger partial charge in [0.25, 0.3) is 0 Å². The van der Waals surface area contributed by atoms with Crippen molar-refractivity contribution in [3.8, 4) is 16.3 Å². The average Bonchev–Trinajstić information content (AvgIpc) is 3.60. The van der Waals surface area contributed by atoms with Gasteiger partial charge in [0.2, 0.25) is 5.91 Å². The third-order valence-corrected chi connectivity index (χ3v) is 7.84. The molecule has 4 heterocycles. The second-order valence-corrected chi connectivity index (χ2v) is 11.1. The summed E-state index contributed by atoms with van der Waals surface area (Å²) < 4.78 is 21.0. The first-order chi connectivity index (χ1) is 18.9. The summed E-state index contributed by atoms with van der Waals surface area (Å²) in [6, 6.07) is 10.3. The van der Waals surface area contributed by atoms with Crippen molar-refractivity contribution >= 4 is 40.4 Å². The van der Waals surface area contributed by atoms with E-state index < -0.39 is 5.82 Å². The van der Waals surface area contributed by atoms with Crippen molar-refractivity contribution < 1.29 is 18.7 Å². The Kier molecular flexibility index (Phi) is 6.92. The van der Waals surface area contributed by atoms with Gasteiger partial charge in [0.1, 0.15) is 5.76 Å². The minimum absolute atomic E-state index is 0.0119. The standard InChI is InChI=1S/C28H29FN6O3S/c1-16-10-24(38-23-7-5-19(11-20(23)29)34-28(37)33-18-3-4-18)27-22(32-16)12-25(39-27)21-6-2-17(13-31-21)14-35-9-8-30-26(36)15-35/h2,5-7,10-13,16,18,32H,3-4,8-9,14-15H2,1H3,(H,30,36)(H2,33,34,37). The molecule has 0 spiro atoms. The fraction of sp³-hybridized carbons (Fsp3) is 0.321. The van der Waals surface area contributed by atoms with Crippen LogP contribution >= 0.6 is 11.3 Å². The molecule has 3 aromatic rings. The number of halogens is 1. The number of piperazine rings is 1. The fourth-order valence-electron chi connectivity index (χ4n) is 4.59. The zero-order valence-electron chi connectivity index (χ0n) is 21.4. The molecule has 1 unspecified atom stereocenters. The monoisotopic (exact) mass is 548 g/mol. The number of carbonyl (C=O) groups is 2. The number of thiophene rings is 1. The molecule has 9 nitrogen and oxygen atoms in total. The molecule has 0 bridgehead atoms. The lowest BCUT2D eigenvalue weighted by Crippen LogP contribution is -2.47. The highest BCUT2D eigenvalue weighted by atomic mass is 32.1. The molecule has 2 aromatic heterocycles. The molecule has 1 aliphatic carbocycles. The number of ether oxygens (including phenoxy) is 1. The van der Waals surface area contributed by atoms with E-state index >= 15 is 0 Å². The predicted molar refractivity (Wildman–Crippen MR) is 149 cm³/mol. The Balaban J connectivity index is 1.15. The van der Waals surface area contributed by atoms with E-state index in [0.29, 0.717) is 31.1 Å².